The van der Waals surface area contributed by atoms with Crippen LogP contribution < -0.4 is 0 Å². The molecule has 0 N–H and O–H groups in total. The molecule has 18 heavy (non-hydrogen) atoms. The Labute approximate surface area is 106 Å². The Bertz CT molecular complexity index is 637. The minimum absolute atomic E-state index is 0.223. The highest BCUT2D eigenvalue weighted by Crippen LogP contribution is 2.34. The molecule has 1 aliphatic carbocycles. The number of aliphatic imine (C=N–C) groups is 2. The van der Waals surface area contributed by atoms with Crippen LogP contribution in [0.1, 0.15) is 12.5 Å². The van der Waals surface area contributed by atoms with Crippen LogP contribution in [0, 0.1) is 0 Å². The molecule has 0 spiro atoms. The lowest BCUT2D eigenvalue weighted by Gasteiger charge is -2.31. The smallest absolute Gasteiger partial charge is 0.139 e. The molecule has 0 aromatic heterocycles. The third kappa shape index (κ3) is 1.19. The number of rotatable bonds is 0. The van der Waals surface area contributed by atoms with Crippen molar-refractivity contribution in [3.63, 3.8) is 0 Å². The van der Waals surface area contributed by atoms with Crippen molar-refractivity contribution in [3.8, 4) is 0 Å². The highest BCUT2D eigenvalue weighted by Gasteiger charge is 2.38. The van der Waals surface area contributed by atoms with Crippen LogP contribution in [0.25, 0.3) is 0 Å². The SMILES string of the molecule is CC1=Nc2ccccc2C2=NC3C=CC=CC3N12. The molecule has 88 valence electrons. The van der Waals surface area contributed by atoms with E-state index in [1.165, 1.54) is 0 Å². The molecule has 0 radical (unpaired) electrons. The van der Waals surface area contributed by atoms with Crippen LogP contribution in [0.3, 0.4) is 0 Å². The quantitative estimate of drug-likeness (QED) is 0.679. The van der Waals surface area contributed by atoms with E-state index in [1.54, 1.807) is 0 Å². The Morgan fingerprint density at radius 2 is 1.94 bits per heavy atom. The lowest BCUT2D eigenvalue weighted by Crippen LogP contribution is -2.43. The van der Waals surface area contributed by atoms with E-state index >= 15 is 0 Å². The minimum Gasteiger partial charge on any atom is -0.305 e. The third-order valence-corrected chi connectivity index (χ3v) is 3.65. The highest BCUT2D eigenvalue weighted by atomic mass is 15.3. The summed E-state index contributed by atoms with van der Waals surface area (Å²) in [5.74, 6) is 2.09. The van der Waals surface area contributed by atoms with E-state index < -0.39 is 0 Å². The molecule has 0 amide bonds. The Kier molecular flexibility index (Phi) is 1.87. The van der Waals surface area contributed by atoms with Gasteiger partial charge in [0.05, 0.1) is 17.8 Å². The second-order valence-corrected chi connectivity index (χ2v) is 4.75. The summed E-state index contributed by atoms with van der Waals surface area (Å²) in [6.07, 6.45) is 8.52. The van der Waals surface area contributed by atoms with Gasteiger partial charge in [-0.3, -0.25) is 4.99 Å². The van der Waals surface area contributed by atoms with Crippen molar-refractivity contribution in [3.05, 3.63) is 54.1 Å². The lowest BCUT2D eigenvalue weighted by atomic mass is 10.0. The molecule has 4 rings (SSSR count). The van der Waals surface area contributed by atoms with Gasteiger partial charge < -0.3 is 4.90 Å². The Balaban J connectivity index is 1.93. The molecule has 3 nitrogen and oxygen atoms in total. The topological polar surface area (TPSA) is 28.0 Å². The molecule has 0 bridgehead atoms. The molecular weight excluding hydrogens is 222 g/mol. The summed E-state index contributed by atoms with van der Waals surface area (Å²) in [6.45, 7) is 2.06. The van der Waals surface area contributed by atoms with Crippen LogP contribution in [0.5, 0.6) is 0 Å². The van der Waals surface area contributed by atoms with Crippen LogP contribution in [-0.2, 0) is 0 Å². The summed E-state index contributed by atoms with van der Waals surface area (Å²) in [5.41, 5.74) is 2.16. The summed E-state index contributed by atoms with van der Waals surface area (Å²) in [7, 11) is 0. The van der Waals surface area contributed by atoms with Crippen molar-refractivity contribution in [1.29, 1.82) is 0 Å². The molecule has 2 atom stereocenters. The molecule has 0 fully saturated rings. The Morgan fingerprint density at radius 3 is 2.89 bits per heavy atom. The maximum absolute atomic E-state index is 4.85. The number of nitrogens with zero attached hydrogens (tertiary/aromatic N) is 3. The van der Waals surface area contributed by atoms with Crippen molar-refractivity contribution >= 4 is 17.4 Å². The summed E-state index contributed by atoms with van der Waals surface area (Å²) in [4.78, 5) is 11.8. The van der Waals surface area contributed by atoms with Crippen LogP contribution >= 0.6 is 0 Å². The predicted octanol–water partition coefficient (Wildman–Crippen LogP) is 2.68. The average molecular weight is 235 g/mol. The molecule has 1 aromatic rings. The van der Waals surface area contributed by atoms with Crippen molar-refractivity contribution in [2.45, 2.75) is 19.0 Å². The number of fused-ring (bicyclic) bond motifs is 5. The first kappa shape index (κ1) is 9.83. The Morgan fingerprint density at radius 1 is 1.11 bits per heavy atom. The minimum atomic E-state index is 0.223. The number of hydrogen-bond donors (Lipinski definition) is 0. The molecule has 2 heterocycles. The molecule has 3 heteroatoms. The fourth-order valence-electron chi connectivity index (χ4n) is 2.84. The second-order valence-electron chi connectivity index (χ2n) is 4.75. The number of hydrogen-bond acceptors (Lipinski definition) is 3. The highest BCUT2D eigenvalue weighted by molar-refractivity contribution is 6.16. The van der Waals surface area contributed by atoms with Gasteiger partial charge in [-0.25, -0.2) is 4.99 Å². The van der Waals surface area contributed by atoms with Crippen LogP contribution in [0.2, 0.25) is 0 Å². The molecule has 0 saturated carbocycles. The summed E-state index contributed by atoms with van der Waals surface area (Å²) >= 11 is 0. The standard InChI is InChI=1S/C15H13N3/c1-10-16-12-7-3-2-6-11(12)15-17-13-8-4-5-9-14(13)18(10)15/h2-9,13-14H,1H3. The molecule has 3 aliphatic rings. The van der Waals surface area contributed by atoms with E-state index in [0.29, 0.717) is 6.04 Å². The van der Waals surface area contributed by atoms with Gasteiger partial charge in [0.1, 0.15) is 11.7 Å². The van der Waals surface area contributed by atoms with Crippen LogP contribution in [-0.4, -0.2) is 28.7 Å². The molecule has 2 unspecified atom stereocenters. The first-order valence-electron chi connectivity index (χ1n) is 6.21. The van der Waals surface area contributed by atoms with Crippen molar-refractivity contribution in [2.24, 2.45) is 9.98 Å². The largest absolute Gasteiger partial charge is 0.305 e. The van der Waals surface area contributed by atoms with Crippen LogP contribution in [0.15, 0.2) is 58.6 Å². The van der Waals surface area contributed by atoms with Crippen molar-refractivity contribution in [1.82, 2.24) is 4.90 Å². The maximum Gasteiger partial charge on any atom is 0.139 e. The monoisotopic (exact) mass is 235 g/mol. The number of allylic oxidation sites excluding steroid dienone is 2. The van der Waals surface area contributed by atoms with Gasteiger partial charge in [0.25, 0.3) is 0 Å². The lowest BCUT2D eigenvalue weighted by molar-refractivity contribution is 0.510. The van der Waals surface area contributed by atoms with Gasteiger partial charge in [0, 0.05) is 5.56 Å². The van der Waals surface area contributed by atoms with Crippen molar-refractivity contribution in [2.75, 3.05) is 0 Å². The summed E-state index contributed by atoms with van der Waals surface area (Å²) < 4.78 is 0. The first-order chi connectivity index (χ1) is 8.84. The maximum atomic E-state index is 4.85. The van der Waals surface area contributed by atoms with Gasteiger partial charge in [-0.1, -0.05) is 36.4 Å². The van der Waals surface area contributed by atoms with E-state index in [-0.39, 0.29) is 6.04 Å². The van der Waals surface area contributed by atoms with Gasteiger partial charge in [0.15, 0.2) is 0 Å². The zero-order chi connectivity index (χ0) is 12.1. The molecule has 0 saturated heterocycles. The first-order valence-corrected chi connectivity index (χ1v) is 6.21. The van der Waals surface area contributed by atoms with Gasteiger partial charge >= 0.3 is 0 Å². The van der Waals surface area contributed by atoms with E-state index in [2.05, 4.69) is 47.2 Å². The fourth-order valence-corrected chi connectivity index (χ4v) is 2.84. The predicted molar refractivity (Wildman–Crippen MR) is 73.4 cm³/mol. The van der Waals surface area contributed by atoms with E-state index in [0.717, 1.165) is 22.9 Å². The van der Waals surface area contributed by atoms with E-state index in [9.17, 15) is 0 Å². The van der Waals surface area contributed by atoms with Gasteiger partial charge in [0.2, 0.25) is 0 Å². The van der Waals surface area contributed by atoms with E-state index in [4.69, 9.17) is 4.99 Å². The third-order valence-electron chi connectivity index (χ3n) is 3.65. The summed E-state index contributed by atoms with van der Waals surface area (Å²) in [6, 6.07) is 8.73. The number of para-hydroxylation sites is 1. The van der Waals surface area contributed by atoms with Crippen molar-refractivity contribution < 1.29 is 0 Å². The normalized spacial score (nSPS) is 27.3. The molecule has 1 aromatic carbocycles. The zero-order valence-corrected chi connectivity index (χ0v) is 10.1. The number of benzene rings is 1. The molecule has 2 aliphatic heterocycles. The molecular formula is C15H13N3. The van der Waals surface area contributed by atoms with Gasteiger partial charge in [-0.15, -0.1) is 0 Å². The van der Waals surface area contributed by atoms with Gasteiger partial charge in [-0.2, -0.15) is 0 Å². The fraction of sp³-hybridized carbons (Fsp3) is 0.200. The number of amidine groups is 2. The van der Waals surface area contributed by atoms with Gasteiger partial charge in [-0.05, 0) is 19.1 Å². The second kappa shape index (κ2) is 3.42. The van der Waals surface area contributed by atoms with E-state index in [1.807, 2.05) is 18.2 Å². The Hall–Kier alpha value is -2.16. The summed E-state index contributed by atoms with van der Waals surface area (Å²) in [5, 5.41) is 0. The van der Waals surface area contributed by atoms with Crippen LogP contribution in [0.4, 0.5) is 5.69 Å². The average Bonchev–Trinajstić information content (AvgIpc) is 2.79. The zero-order valence-electron chi connectivity index (χ0n) is 10.1.